The van der Waals surface area contributed by atoms with Gasteiger partial charge in [-0.2, -0.15) is 0 Å². The fourth-order valence-electron chi connectivity index (χ4n) is 3.80. The first-order chi connectivity index (χ1) is 11.5. The molecular weight excluding hydrogens is 304 g/mol. The number of aromatic nitrogens is 1. The Hall–Kier alpha value is -2.11. The fraction of sp³-hybridized carbons (Fsp3) is 0.611. The first kappa shape index (κ1) is 16.7. The summed E-state index contributed by atoms with van der Waals surface area (Å²) in [5.74, 6) is 0.220. The van der Waals surface area contributed by atoms with Gasteiger partial charge < -0.3 is 14.7 Å². The molecule has 2 saturated heterocycles. The first-order valence-electron chi connectivity index (χ1n) is 8.63. The Morgan fingerprint density at radius 2 is 2.00 bits per heavy atom. The molecule has 1 aromatic rings. The van der Waals surface area contributed by atoms with E-state index in [4.69, 9.17) is 0 Å². The highest BCUT2D eigenvalue weighted by molar-refractivity contribution is 5.77. The van der Waals surface area contributed by atoms with Crippen LogP contribution in [0.4, 0.5) is 4.79 Å². The number of nitrogens with zero attached hydrogens (tertiary/aromatic N) is 4. The largest absolute Gasteiger partial charge is 0.336 e. The quantitative estimate of drug-likeness (QED) is 0.833. The molecule has 6 heteroatoms. The number of pyridine rings is 1. The second kappa shape index (κ2) is 6.79. The van der Waals surface area contributed by atoms with Crippen molar-refractivity contribution in [1.82, 2.24) is 19.7 Å². The molecule has 1 spiro atoms. The van der Waals surface area contributed by atoms with E-state index in [9.17, 15) is 9.59 Å². The van der Waals surface area contributed by atoms with Crippen molar-refractivity contribution in [3.05, 3.63) is 30.1 Å². The van der Waals surface area contributed by atoms with E-state index in [1.165, 1.54) is 0 Å². The highest BCUT2D eigenvalue weighted by Crippen LogP contribution is 2.40. The molecule has 0 radical (unpaired) electrons. The molecule has 2 aliphatic rings. The minimum absolute atomic E-state index is 0.0853. The molecule has 1 aromatic heterocycles. The van der Waals surface area contributed by atoms with Gasteiger partial charge in [0.25, 0.3) is 0 Å². The Labute approximate surface area is 143 Å². The minimum Gasteiger partial charge on any atom is -0.336 e. The number of carbonyl (C=O) groups is 2. The van der Waals surface area contributed by atoms with Crippen molar-refractivity contribution in [2.45, 2.75) is 32.2 Å². The van der Waals surface area contributed by atoms with Gasteiger partial charge in [-0.15, -0.1) is 0 Å². The second-order valence-corrected chi connectivity index (χ2v) is 7.23. The van der Waals surface area contributed by atoms with Crippen molar-refractivity contribution in [3.8, 4) is 0 Å². The topological polar surface area (TPSA) is 56.8 Å². The van der Waals surface area contributed by atoms with Crippen LogP contribution >= 0.6 is 0 Å². The monoisotopic (exact) mass is 330 g/mol. The van der Waals surface area contributed by atoms with Gasteiger partial charge in [0.2, 0.25) is 5.91 Å². The molecule has 130 valence electrons. The Balaban J connectivity index is 1.63. The molecule has 2 fully saturated rings. The molecule has 24 heavy (non-hydrogen) atoms. The zero-order valence-electron chi connectivity index (χ0n) is 14.6. The van der Waals surface area contributed by atoms with E-state index < -0.39 is 0 Å². The molecule has 0 unspecified atom stereocenters. The van der Waals surface area contributed by atoms with Gasteiger partial charge in [-0.05, 0) is 36.8 Å². The van der Waals surface area contributed by atoms with Gasteiger partial charge >= 0.3 is 6.03 Å². The van der Waals surface area contributed by atoms with Gasteiger partial charge in [0.1, 0.15) is 0 Å². The van der Waals surface area contributed by atoms with E-state index in [0.29, 0.717) is 13.0 Å². The lowest BCUT2D eigenvalue weighted by molar-refractivity contribution is -0.139. The van der Waals surface area contributed by atoms with Gasteiger partial charge in [-0.3, -0.25) is 9.78 Å². The van der Waals surface area contributed by atoms with Crippen LogP contribution in [0.15, 0.2) is 24.4 Å². The minimum atomic E-state index is 0.0853. The third kappa shape index (κ3) is 3.52. The number of urea groups is 1. The Morgan fingerprint density at radius 3 is 2.62 bits per heavy atom. The highest BCUT2D eigenvalue weighted by Gasteiger charge is 2.41. The maximum absolute atomic E-state index is 12.3. The predicted octanol–water partition coefficient (Wildman–Crippen LogP) is 1.97. The van der Waals surface area contributed by atoms with Crippen molar-refractivity contribution in [2.75, 3.05) is 33.7 Å². The van der Waals surface area contributed by atoms with Crippen LogP contribution in [-0.4, -0.2) is 65.4 Å². The molecule has 0 bridgehead atoms. The molecule has 6 nitrogen and oxygen atoms in total. The maximum atomic E-state index is 12.3. The first-order valence-corrected chi connectivity index (χ1v) is 8.63. The summed E-state index contributed by atoms with van der Waals surface area (Å²) in [5, 5.41) is 0. The van der Waals surface area contributed by atoms with E-state index in [2.05, 4.69) is 4.98 Å². The molecule has 3 heterocycles. The average Bonchev–Trinajstić information content (AvgIpc) is 2.59. The van der Waals surface area contributed by atoms with Crippen LogP contribution in [0.3, 0.4) is 0 Å². The van der Waals surface area contributed by atoms with Crippen LogP contribution < -0.4 is 0 Å². The molecule has 2 aliphatic heterocycles. The molecule has 0 atom stereocenters. The van der Waals surface area contributed by atoms with Crippen molar-refractivity contribution < 1.29 is 9.59 Å². The fourth-order valence-corrected chi connectivity index (χ4v) is 3.80. The number of hydrogen-bond acceptors (Lipinski definition) is 3. The van der Waals surface area contributed by atoms with Crippen LogP contribution in [0.2, 0.25) is 0 Å². The standard InChI is InChI=1S/C18H26N4O2/c1-20(2)17(24)21-11-8-18(9-12-21)7-6-16(23)22(14-18)13-15-5-3-4-10-19-15/h3-5,10H,6-9,11-14H2,1-2H3. The second-order valence-electron chi connectivity index (χ2n) is 7.23. The maximum Gasteiger partial charge on any atom is 0.319 e. The molecule has 0 saturated carbocycles. The summed E-state index contributed by atoms with van der Waals surface area (Å²) in [5.41, 5.74) is 1.09. The number of hydrogen-bond donors (Lipinski definition) is 0. The third-order valence-corrected chi connectivity index (χ3v) is 5.30. The molecular formula is C18H26N4O2. The van der Waals surface area contributed by atoms with Gasteiger partial charge in [-0.25, -0.2) is 4.79 Å². The smallest absolute Gasteiger partial charge is 0.319 e. The number of carbonyl (C=O) groups excluding carboxylic acids is 2. The van der Waals surface area contributed by atoms with Crippen LogP contribution in [-0.2, 0) is 11.3 Å². The summed E-state index contributed by atoms with van der Waals surface area (Å²) in [6.45, 7) is 2.93. The van der Waals surface area contributed by atoms with Crippen LogP contribution in [0.25, 0.3) is 0 Å². The Bertz CT molecular complexity index is 594. The lowest BCUT2D eigenvalue weighted by Crippen LogP contribution is -2.53. The SMILES string of the molecule is CN(C)C(=O)N1CCC2(CCC(=O)N(Cc3ccccn3)C2)CC1. The summed E-state index contributed by atoms with van der Waals surface area (Å²) < 4.78 is 0. The van der Waals surface area contributed by atoms with Crippen molar-refractivity contribution in [1.29, 1.82) is 0 Å². The molecule has 0 N–H and O–H groups in total. The molecule has 0 aliphatic carbocycles. The summed E-state index contributed by atoms with van der Waals surface area (Å²) in [6, 6.07) is 5.90. The molecule has 3 rings (SSSR count). The van der Waals surface area contributed by atoms with Crippen molar-refractivity contribution >= 4 is 11.9 Å². The van der Waals surface area contributed by atoms with Gasteiger partial charge in [0.15, 0.2) is 0 Å². The summed E-state index contributed by atoms with van der Waals surface area (Å²) >= 11 is 0. The number of likely N-dealkylation sites (tertiary alicyclic amines) is 2. The van der Waals surface area contributed by atoms with Crippen molar-refractivity contribution in [3.63, 3.8) is 0 Å². The van der Waals surface area contributed by atoms with E-state index in [1.54, 1.807) is 25.2 Å². The van der Waals surface area contributed by atoms with Crippen LogP contribution in [0, 0.1) is 5.41 Å². The van der Waals surface area contributed by atoms with E-state index in [0.717, 1.165) is 44.6 Å². The van der Waals surface area contributed by atoms with Crippen LogP contribution in [0.1, 0.15) is 31.4 Å². The summed E-state index contributed by atoms with van der Waals surface area (Å²) in [4.78, 5) is 34.3. The van der Waals surface area contributed by atoms with Crippen molar-refractivity contribution in [2.24, 2.45) is 5.41 Å². The van der Waals surface area contributed by atoms with Crippen LogP contribution in [0.5, 0.6) is 0 Å². The number of amides is 3. The normalized spacial score (nSPS) is 20.3. The van der Waals surface area contributed by atoms with Gasteiger partial charge in [-0.1, -0.05) is 6.07 Å². The average molecular weight is 330 g/mol. The molecule has 3 amide bonds. The van der Waals surface area contributed by atoms with E-state index in [-0.39, 0.29) is 17.4 Å². The number of rotatable bonds is 2. The summed E-state index contributed by atoms with van der Waals surface area (Å²) in [7, 11) is 3.58. The lowest BCUT2D eigenvalue weighted by Gasteiger charge is -2.47. The van der Waals surface area contributed by atoms with Gasteiger partial charge in [0.05, 0.1) is 12.2 Å². The molecule has 0 aromatic carbocycles. The third-order valence-electron chi connectivity index (χ3n) is 5.30. The summed E-state index contributed by atoms with van der Waals surface area (Å²) in [6.07, 6.45) is 5.25. The van der Waals surface area contributed by atoms with E-state index >= 15 is 0 Å². The zero-order valence-corrected chi connectivity index (χ0v) is 14.6. The lowest BCUT2D eigenvalue weighted by atomic mass is 9.72. The predicted molar refractivity (Wildman–Crippen MR) is 91.2 cm³/mol. The van der Waals surface area contributed by atoms with Gasteiger partial charge in [0, 0.05) is 46.3 Å². The highest BCUT2D eigenvalue weighted by atomic mass is 16.2. The zero-order chi connectivity index (χ0) is 17.2. The Kier molecular flexibility index (Phi) is 4.73. The van der Waals surface area contributed by atoms with E-state index in [1.807, 2.05) is 28.0 Å². The number of piperidine rings is 2. The Morgan fingerprint density at radius 1 is 1.25 bits per heavy atom.